The molecular weight excluding hydrogens is 334 g/mol. The Labute approximate surface area is 151 Å². The second-order valence-electron chi connectivity index (χ2n) is 5.41. The summed E-state index contributed by atoms with van der Waals surface area (Å²) in [5, 5.41) is 13.5. The number of carbonyl (C=O) groups is 1. The van der Waals surface area contributed by atoms with Gasteiger partial charge in [-0.25, -0.2) is 0 Å². The normalized spacial score (nSPS) is 11.2. The zero-order valence-corrected chi connectivity index (χ0v) is 14.1. The molecule has 124 valence electrons. The van der Waals surface area contributed by atoms with Crippen LogP contribution in [0.25, 0.3) is 5.70 Å². The van der Waals surface area contributed by atoms with Crippen LogP contribution in [0.15, 0.2) is 84.9 Å². The highest BCUT2D eigenvalue weighted by Crippen LogP contribution is 2.27. The van der Waals surface area contributed by atoms with Crippen molar-refractivity contribution in [2.45, 2.75) is 0 Å². The second-order valence-corrected chi connectivity index (χ2v) is 5.82. The maximum absolute atomic E-state index is 12.7. The van der Waals surface area contributed by atoms with E-state index in [1.807, 2.05) is 30.3 Å². The van der Waals surface area contributed by atoms with E-state index in [0.29, 0.717) is 22.0 Å². The van der Waals surface area contributed by atoms with Crippen LogP contribution in [0, 0.1) is 0 Å². The topological polar surface area (TPSA) is 49.3 Å². The lowest BCUT2D eigenvalue weighted by Gasteiger charge is -2.13. The average Bonchev–Trinajstić information content (AvgIpc) is 2.64. The minimum absolute atomic E-state index is 0.106. The monoisotopic (exact) mass is 349 g/mol. The Morgan fingerprint density at radius 3 is 2.24 bits per heavy atom. The number of halogens is 1. The first-order valence-electron chi connectivity index (χ1n) is 7.76. The molecule has 3 aromatic carbocycles. The van der Waals surface area contributed by atoms with Crippen LogP contribution in [0.5, 0.6) is 5.75 Å². The Balaban J connectivity index is 2.01. The van der Waals surface area contributed by atoms with Gasteiger partial charge in [0.15, 0.2) is 5.78 Å². The van der Waals surface area contributed by atoms with Gasteiger partial charge in [-0.15, -0.1) is 0 Å². The highest BCUT2D eigenvalue weighted by molar-refractivity contribution is 6.34. The molecule has 3 aromatic rings. The summed E-state index contributed by atoms with van der Waals surface area (Å²) in [6.07, 6.45) is 1.49. The summed E-state index contributed by atoms with van der Waals surface area (Å²) in [4.78, 5) is 12.7. The van der Waals surface area contributed by atoms with Gasteiger partial charge in [0.25, 0.3) is 0 Å². The molecule has 0 aliphatic rings. The molecule has 3 nitrogen and oxygen atoms in total. The van der Waals surface area contributed by atoms with E-state index in [9.17, 15) is 9.90 Å². The summed E-state index contributed by atoms with van der Waals surface area (Å²) in [5.74, 6) is -0.109. The predicted octanol–water partition coefficient (Wildman–Crippen LogP) is 5.38. The van der Waals surface area contributed by atoms with Gasteiger partial charge < -0.3 is 10.4 Å². The molecule has 0 saturated heterocycles. The molecule has 3 rings (SSSR count). The summed E-state index contributed by atoms with van der Waals surface area (Å²) in [6, 6.07) is 23.2. The van der Waals surface area contributed by atoms with E-state index < -0.39 is 0 Å². The van der Waals surface area contributed by atoms with Crippen LogP contribution < -0.4 is 5.32 Å². The molecule has 0 radical (unpaired) electrons. The first kappa shape index (κ1) is 16.8. The molecule has 0 atom stereocenters. The molecule has 0 spiro atoms. The van der Waals surface area contributed by atoms with Crippen LogP contribution in [0.4, 0.5) is 5.69 Å². The summed E-state index contributed by atoms with van der Waals surface area (Å²) in [6.45, 7) is 0. The van der Waals surface area contributed by atoms with Gasteiger partial charge in [-0.2, -0.15) is 0 Å². The number of aromatic hydroxyl groups is 1. The van der Waals surface area contributed by atoms with E-state index in [2.05, 4.69) is 5.32 Å². The quantitative estimate of drug-likeness (QED) is 0.369. The number of anilines is 1. The lowest BCUT2D eigenvalue weighted by molar-refractivity contribution is 0.104. The van der Waals surface area contributed by atoms with Gasteiger partial charge in [0.1, 0.15) is 5.75 Å². The van der Waals surface area contributed by atoms with Crippen LogP contribution in [-0.2, 0) is 0 Å². The van der Waals surface area contributed by atoms with E-state index in [0.717, 1.165) is 5.56 Å². The molecule has 0 bridgehead atoms. The van der Waals surface area contributed by atoms with Crippen LogP contribution in [0.1, 0.15) is 15.9 Å². The third-order valence-corrected chi connectivity index (χ3v) is 4.00. The Kier molecular flexibility index (Phi) is 5.17. The van der Waals surface area contributed by atoms with Crippen LogP contribution >= 0.6 is 11.6 Å². The van der Waals surface area contributed by atoms with Gasteiger partial charge in [0.2, 0.25) is 0 Å². The molecule has 2 N–H and O–H groups in total. The fourth-order valence-corrected chi connectivity index (χ4v) is 2.63. The average molecular weight is 350 g/mol. The highest BCUT2D eigenvalue weighted by Gasteiger charge is 2.11. The SMILES string of the molecule is O=C(/C=C(\Nc1ccccc1O)c1ccccc1)c1ccccc1Cl. The molecule has 25 heavy (non-hydrogen) atoms. The molecule has 0 amide bonds. The predicted molar refractivity (Wildman–Crippen MR) is 102 cm³/mol. The second kappa shape index (κ2) is 7.69. The van der Waals surface area contributed by atoms with Gasteiger partial charge in [-0.1, -0.05) is 66.2 Å². The smallest absolute Gasteiger partial charge is 0.189 e. The van der Waals surface area contributed by atoms with E-state index in [1.165, 1.54) is 6.08 Å². The molecule has 0 aliphatic heterocycles. The van der Waals surface area contributed by atoms with Gasteiger partial charge >= 0.3 is 0 Å². The zero-order chi connectivity index (χ0) is 17.6. The summed E-state index contributed by atoms with van der Waals surface area (Å²) in [7, 11) is 0. The number of phenols is 1. The fourth-order valence-electron chi connectivity index (χ4n) is 2.40. The third-order valence-electron chi connectivity index (χ3n) is 3.67. The number of phenolic OH excluding ortho intramolecular Hbond substituents is 1. The highest BCUT2D eigenvalue weighted by atomic mass is 35.5. The van der Waals surface area contributed by atoms with Crippen molar-refractivity contribution < 1.29 is 9.90 Å². The fraction of sp³-hybridized carbons (Fsp3) is 0. The summed E-state index contributed by atoms with van der Waals surface area (Å²) in [5.41, 5.74) is 2.35. The van der Waals surface area contributed by atoms with Crippen molar-refractivity contribution in [2.24, 2.45) is 0 Å². The summed E-state index contributed by atoms with van der Waals surface area (Å²) < 4.78 is 0. The Morgan fingerprint density at radius 1 is 0.880 bits per heavy atom. The third kappa shape index (κ3) is 4.08. The molecule has 0 aliphatic carbocycles. The van der Waals surface area contributed by atoms with Crippen molar-refractivity contribution in [1.29, 1.82) is 0 Å². The Bertz CT molecular complexity index is 920. The van der Waals surface area contributed by atoms with Crippen molar-refractivity contribution in [2.75, 3.05) is 5.32 Å². The maximum Gasteiger partial charge on any atom is 0.189 e. The maximum atomic E-state index is 12.7. The summed E-state index contributed by atoms with van der Waals surface area (Å²) >= 11 is 6.12. The number of hydrogen-bond donors (Lipinski definition) is 2. The van der Waals surface area contributed by atoms with Crippen LogP contribution in [0.3, 0.4) is 0 Å². The number of carbonyl (C=O) groups excluding carboxylic acids is 1. The van der Waals surface area contributed by atoms with E-state index in [4.69, 9.17) is 11.6 Å². The van der Waals surface area contributed by atoms with Crippen molar-refractivity contribution in [1.82, 2.24) is 0 Å². The Morgan fingerprint density at radius 2 is 1.52 bits per heavy atom. The lowest BCUT2D eigenvalue weighted by atomic mass is 10.1. The van der Waals surface area contributed by atoms with Crippen LogP contribution in [0.2, 0.25) is 5.02 Å². The Hall–Kier alpha value is -3.04. The van der Waals surface area contributed by atoms with Crippen molar-refractivity contribution in [3.05, 3.63) is 101 Å². The van der Waals surface area contributed by atoms with Gasteiger partial charge in [0, 0.05) is 17.3 Å². The van der Waals surface area contributed by atoms with E-state index in [1.54, 1.807) is 48.5 Å². The zero-order valence-electron chi connectivity index (χ0n) is 13.3. The molecule has 0 aromatic heterocycles. The van der Waals surface area contributed by atoms with Crippen molar-refractivity contribution >= 4 is 28.8 Å². The number of nitrogens with one attached hydrogen (secondary N) is 1. The minimum Gasteiger partial charge on any atom is -0.506 e. The number of benzene rings is 3. The first-order chi connectivity index (χ1) is 12.1. The number of ketones is 1. The number of rotatable bonds is 5. The number of para-hydroxylation sites is 2. The van der Waals surface area contributed by atoms with Gasteiger partial charge in [-0.05, 0) is 29.8 Å². The van der Waals surface area contributed by atoms with E-state index >= 15 is 0 Å². The van der Waals surface area contributed by atoms with Crippen LogP contribution in [-0.4, -0.2) is 10.9 Å². The van der Waals surface area contributed by atoms with E-state index in [-0.39, 0.29) is 11.5 Å². The molecule has 0 saturated carbocycles. The minimum atomic E-state index is -0.215. The number of allylic oxidation sites excluding steroid dienone is 1. The first-order valence-corrected chi connectivity index (χ1v) is 8.14. The standard InChI is InChI=1S/C21H16ClNO2/c22-17-11-5-4-10-16(17)21(25)14-19(15-8-2-1-3-9-15)23-18-12-6-7-13-20(18)24/h1-14,23-24H/b19-14-. The van der Waals surface area contributed by atoms with Crippen molar-refractivity contribution in [3.8, 4) is 5.75 Å². The van der Waals surface area contributed by atoms with Gasteiger partial charge in [-0.3, -0.25) is 4.79 Å². The number of hydrogen-bond acceptors (Lipinski definition) is 3. The molecule has 0 fully saturated rings. The largest absolute Gasteiger partial charge is 0.506 e. The van der Waals surface area contributed by atoms with Gasteiger partial charge in [0.05, 0.1) is 10.7 Å². The molecular formula is C21H16ClNO2. The molecule has 0 unspecified atom stereocenters. The molecule has 0 heterocycles. The van der Waals surface area contributed by atoms with Crippen molar-refractivity contribution in [3.63, 3.8) is 0 Å². The molecule has 4 heteroatoms. The lowest BCUT2D eigenvalue weighted by Crippen LogP contribution is -2.04.